The van der Waals surface area contributed by atoms with Crippen LogP contribution < -0.4 is 5.73 Å². The molecule has 2 aliphatic rings. The predicted octanol–water partition coefficient (Wildman–Crippen LogP) is 3.34. The van der Waals surface area contributed by atoms with E-state index in [-0.39, 0.29) is 17.4 Å². The van der Waals surface area contributed by atoms with Gasteiger partial charge in [0.05, 0.1) is 29.5 Å². The molecule has 0 spiro atoms. The normalized spacial score (nSPS) is 26.1. The smallest absolute Gasteiger partial charge is 0.188 e. The van der Waals surface area contributed by atoms with E-state index in [9.17, 15) is 15.8 Å². The van der Waals surface area contributed by atoms with Crippen LogP contribution in [0.25, 0.3) is 0 Å². The molecule has 5 heteroatoms. The second kappa shape index (κ2) is 5.34. The van der Waals surface area contributed by atoms with Crippen molar-refractivity contribution in [3.05, 3.63) is 45.3 Å². The SMILES string of the molecule is N#CC1=C(N)C2=CCCCC2C(c2cccs2)C1(C#N)C#N. The van der Waals surface area contributed by atoms with Crippen molar-refractivity contribution in [2.45, 2.75) is 25.2 Å². The number of nitriles is 3. The molecule has 22 heavy (non-hydrogen) atoms. The topological polar surface area (TPSA) is 97.4 Å². The molecule has 0 aromatic carbocycles. The van der Waals surface area contributed by atoms with E-state index in [1.165, 1.54) is 11.3 Å². The molecule has 108 valence electrons. The van der Waals surface area contributed by atoms with Crippen molar-refractivity contribution in [1.29, 1.82) is 15.8 Å². The quantitative estimate of drug-likeness (QED) is 0.860. The summed E-state index contributed by atoms with van der Waals surface area (Å²) in [6.45, 7) is 0. The summed E-state index contributed by atoms with van der Waals surface area (Å²) < 4.78 is 0. The lowest BCUT2D eigenvalue weighted by Crippen LogP contribution is -2.41. The molecular formula is C17H14N4S. The van der Waals surface area contributed by atoms with Gasteiger partial charge in [-0.2, -0.15) is 15.8 Å². The third kappa shape index (κ3) is 1.78. The van der Waals surface area contributed by atoms with E-state index in [0.717, 1.165) is 29.7 Å². The fourth-order valence-electron chi connectivity index (χ4n) is 3.68. The standard InChI is InChI=1S/C17H14N4S/c18-8-13-16(21)12-5-2-1-4-11(12)15(14-6-3-7-22-14)17(13,9-19)10-20/h3,5-7,11,15H,1-2,4,21H2. The summed E-state index contributed by atoms with van der Waals surface area (Å²) >= 11 is 1.53. The predicted molar refractivity (Wildman–Crippen MR) is 83.0 cm³/mol. The first-order valence-electron chi connectivity index (χ1n) is 7.16. The Bertz CT molecular complexity index is 766. The zero-order valence-corrected chi connectivity index (χ0v) is 12.7. The Morgan fingerprint density at radius 2 is 2.05 bits per heavy atom. The van der Waals surface area contributed by atoms with E-state index in [0.29, 0.717) is 5.70 Å². The molecule has 0 amide bonds. The van der Waals surface area contributed by atoms with Crippen LogP contribution in [0.5, 0.6) is 0 Å². The van der Waals surface area contributed by atoms with Crippen LogP contribution in [0.15, 0.2) is 40.4 Å². The molecule has 2 aliphatic carbocycles. The van der Waals surface area contributed by atoms with Crippen molar-refractivity contribution in [2.24, 2.45) is 17.1 Å². The number of nitrogens with zero attached hydrogens (tertiary/aromatic N) is 3. The van der Waals surface area contributed by atoms with Crippen molar-refractivity contribution < 1.29 is 0 Å². The molecule has 4 nitrogen and oxygen atoms in total. The number of allylic oxidation sites excluding steroid dienone is 3. The maximum Gasteiger partial charge on any atom is 0.188 e. The maximum absolute atomic E-state index is 9.79. The van der Waals surface area contributed by atoms with E-state index >= 15 is 0 Å². The Hall–Kier alpha value is -2.55. The van der Waals surface area contributed by atoms with Crippen molar-refractivity contribution >= 4 is 11.3 Å². The van der Waals surface area contributed by atoms with Crippen LogP contribution in [0.4, 0.5) is 0 Å². The Balaban J connectivity index is 2.34. The van der Waals surface area contributed by atoms with Crippen molar-refractivity contribution in [2.75, 3.05) is 0 Å². The minimum absolute atomic E-state index is 0.0313. The molecule has 1 aromatic rings. The van der Waals surface area contributed by atoms with Crippen LogP contribution in [0.1, 0.15) is 30.1 Å². The third-order valence-electron chi connectivity index (χ3n) is 4.64. The van der Waals surface area contributed by atoms with Crippen LogP contribution in [-0.2, 0) is 0 Å². The van der Waals surface area contributed by atoms with Crippen molar-refractivity contribution in [1.82, 2.24) is 0 Å². The van der Waals surface area contributed by atoms with Gasteiger partial charge in [-0.05, 0) is 42.2 Å². The number of thiophene rings is 1. The Morgan fingerprint density at radius 3 is 2.64 bits per heavy atom. The zero-order chi connectivity index (χ0) is 15.7. The van der Waals surface area contributed by atoms with Gasteiger partial charge in [-0.15, -0.1) is 11.3 Å². The first-order chi connectivity index (χ1) is 10.7. The van der Waals surface area contributed by atoms with Crippen LogP contribution in [0, 0.1) is 45.3 Å². The Kier molecular flexibility index (Phi) is 3.49. The van der Waals surface area contributed by atoms with Gasteiger partial charge in [0.25, 0.3) is 0 Å². The second-order valence-electron chi connectivity index (χ2n) is 5.62. The highest BCUT2D eigenvalue weighted by molar-refractivity contribution is 7.10. The van der Waals surface area contributed by atoms with E-state index in [1.54, 1.807) is 0 Å². The minimum atomic E-state index is -1.50. The van der Waals surface area contributed by atoms with Gasteiger partial charge in [0.15, 0.2) is 5.41 Å². The first kappa shape index (κ1) is 14.4. The zero-order valence-electron chi connectivity index (χ0n) is 11.9. The summed E-state index contributed by atoms with van der Waals surface area (Å²) in [5.41, 5.74) is 6.07. The molecule has 2 N–H and O–H groups in total. The molecule has 0 aliphatic heterocycles. The van der Waals surface area contributed by atoms with Gasteiger partial charge in [0.1, 0.15) is 0 Å². The van der Waals surface area contributed by atoms with Crippen molar-refractivity contribution in [3.63, 3.8) is 0 Å². The largest absolute Gasteiger partial charge is 0.398 e. The molecule has 3 rings (SSSR count). The molecule has 1 heterocycles. The highest BCUT2D eigenvalue weighted by Gasteiger charge is 2.54. The van der Waals surface area contributed by atoms with Gasteiger partial charge in [-0.1, -0.05) is 12.1 Å². The number of rotatable bonds is 1. The summed E-state index contributed by atoms with van der Waals surface area (Å²) in [6, 6.07) is 10.2. The van der Waals surface area contributed by atoms with Crippen LogP contribution in [0.3, 0.4) is 0 Å². The molecule has 0 radical (unpaired) electrons. The summed E-state index contributed by atoms with van der Waals surface area (Å²) in [5, 5.41) is 31.1. The van der Waals surface area contributed by atoms with Gasteiger partial charge in [-0.25, -0.2) is 0 Å². The van der Waals surface area contributed by atoms with Gasteiger partial charge < -0.3 is 5.73 Å². The van der Waals surface area contributed by atoms with Crippen molar-refractivity contribution in [3.8, 4) is 18.2 Å². The lowest BCUT2D eigenvalue weighted by atomic mass is 9.57. The van der Waals surface area contributed by atoms with Crippen LogP contribution >= 0.6 is 11.3 Å². The Labute approximate surface area is 133 Å². The lowest BCUT2D eigenvalue weighted by molar-refractivity contribution is 0.326. The Morgan fingerprint density at radius 1 is 1.27 bits per heavy atom. The minimum Gasteiger partial charge on any atom is -0.398 e. The van der Waals surface area contributed by atoms with E-state index in [4.69, 9.17) is 5.73 Å². The number of fused-ring (bicyclic) bond motifs is 1. The molecular weight excluding hydrogens is 292 g/mol. The highest BCUT2D eigenvalue weighted by atomic mass is 32.1. The fourth-order valence-corrected chi connectivity index (χ4v) is 4.64. The molecule has 2 unspecified atom stereocenters. The lowest BCUT2D eigenvalue weighted by Gasteiger charge is -2.42. The third-order valence-corrected chi connectivity index (χ3v) is 5.60. The van der Waals surface area contributed by atoms with Crippen LogP contribution in [0.2, 0.25) is 0 Å². The number of hydrogen-bond acceptors (Lipinski definition) is 5. The van der Waals surface area contributed by atoms with Gasteiger partial charge in [0.2, 0.25) is 0 Å². The maximum atomic E-state index is 9.79. The number of nitrogens with two attached hydrogens (primary N) is 1. The molecule has 0 fully saturated rings. The van der Waals surface area contributed by atoms with Gasteiger partial charge >= 0.3 is 0 Å². The molecule has 0 saturated heterocycles. The molecule has 2 atom stereocenters. The molecule has 0 bridgehead atoms. The fraction of sp³-hybridized carbons (Fsp3) is 0.353. The summed E-state index contributed by atoms with van der Waals surface area (Å²) in [4.78, 5) is 0.973. The summed E-state index contributed by atoms with van der Waals surface area (Å²) in [5.74, 6) is -0.292. The molecule has 0 saturated carbocycles. The van der Waals surface area contributed by atoms with Crippen LogP contribution in [-0.4, -0.2) is 0 Å². The van der Waals surface area contributed by atoms with E-state index in [2.05, 4.69) is 18.2 Å². The summed E-state index contributed by atoms with van der Waals surface area (Å²) in [7, 11) is 0. The van der Waals surface area contributed by atoms with E-state index < -0.39 is 5.41 Å². The average Bonchev–Trinajstić information content (AvgIpc) is 3.08. The first-order valence-corrected chi connectivity index (χ1v) is 8.04. The second-order valence-corrected chi connectivity index (χ2v) is 6.60. The van der Waals surface area contributed by atoms with Gasteiger partial charge in [0, 0.05) is 10.8 Å². The van der Waals surface area contributed by atoms with E-state index in [1.807, 2.05) is 23.6 Å². The number of hydrogen-bond donors (Lipinski definition) is 1. The monoisotopic (exact) mass is 306 g/mol. The summed E-state index contributed by atoms with van der Waals surface area (Å²) in [6.07, 6.45) is 4.89. The highest BCUT2D eigenvalue weighted by Crippen LogP contribution is 2.56. The molecule has 1 aromatic heterocycles. The average molecular weight is 306 g/mol. The van der Waals surface area contributed by atoms with Gasteiger partial charge in [-0.3, -0.25) is 0 Å².